The first-order chi connectivity index (χ1) is 12.0. The van der Waals surface area contributed by atoms with Crippen molar-refractivity contribution in [2.45, 2.75) is 32.3 Å². The summed E-state index contributed by atoms with van der Waals surface area (Å²) in [6, 6.07) is 0. The lowest BCUT2D eigenvalue weighted by molar-refractivity contribution is -0.145. The van der Waals surface area contributed by atoms with Gasteiger partial charge in [-0.1, -0.05) is 0 Å². The molecule has 3 saturated heterocycles. The minimum Gasteiger partial charge on any atom is -0.368 e. The number of halogens is 1. The molecule has 0 radical (unpaired) electrons. The van der Waals surface area contributed by atoms with Gasteiger partial charge in [-0.15, -0.1) is 0 Å². The number of carbonyl (C=O) groups excluding carboxylic acids is 1. The number of H-pyrrole nitrogens is 1. The Bertz CT molecular complexity index is 717. The Hall–Kier alpha value is -1.96. The van der Waals surface area contributed by atoms with Crippen LogP contribution in [-0.2, 0) is 9.53 Å². The number of nitrogens with one attached hydrogen (secondary N) is 1. The van der Waals surface area contributed by atoms with Gasteiger partial charge in [-0.05, 0) is 26.2 Å². The Kier molecular flexibility index (Phi) is 4.23. The van der Waals surface area contributed by atoms with Gasteiger partial charge in [0.1, 0.15) is 6.10 Å². The van der Waals surface area contributed by atoms with Gasteiger partial charge in [0.25, 0.3) is 11.5 Å². The summed E-state index contributed by atoms with van der Waals surface area (Å²) in [5.74, 6) is 0.412. The van der Waals surface area contributed by atoms with Crippen molar-refractivity contribution in [3.63, 3.8) is 0 Å². The second-order valence-electron chi connectivity index (χ2n) is 7.31. The summed E-state index contributed by atoms with van der Waals surface area (Å²) in [4.78, 5) is 34.8. The molecule has 0 spiro atoms. The molecular weight excluding hydrogens is 327 g/mol. The molecule has 4 rings (SSSR count). The Labute approximate surface area is 145 Å². The van der Waals surface area contributed by atoms with Crippen LogP contribution in [0.3, 0.4) is 0 Å². The number of fused-ring (bicyclic) bond motifs is 1. The molecule has 1 N–H and O–H groups in total. The van der Waals surface area contributed by atoms with Crippen molar-refractivity contribution in [2.75, 3.05) is 37.7 Å². The van der Waals surface area contributed by atoms with E-state index in [0.29, 0.717) is 50.6 Å². The minimum atomic E-state index is -0.826. The fourth-order valence-electron chi connectivity index (χ4n) is 4.19. The average molecular weight is 350 g/mol. The molecule has 1 amide bonds. The number of nitrogens with zero attached hydrogens (tertiary/aromatic N) is 3. The van der Waals surface area contributed by atoms with E-state index in [1.54, 1.807) is 0 Å². The zero-order chi connectivity index (χ0) is 17.6. The van der Waals surface area contributed by atoms with Gasteiger partial charge < -0.3 is 14.5 Å². The van der Waals surface area contributed by atoms with Gasteiger partial charge in [0, 0.05) is 44.6 Å². The largest absolute Gasteiger partial charge is 0.368 e. The number of anilines is 1. The van der Waals surface area contributed by atoms with Crippen LogP contribution in [0.25, 0.3) is 0 Å². The number of rotatable bonds is 2. The SMILES string of the molecule is Cc1nc(N2CC3CN(C(=O)C4CCCCO4)CC3C2)[nH]c(=O)c1F. The first-order valence-corrected chi connectivity index (χ1v) is 8.94. The maximum Gasteiger partial charge on any atom is 0.288 e. The van der Waals surface area contributed by atoms with E-state index in [1.807, 2.05) is 9.80 Å². The molecule has 3 unspecified atom stereocenters. The number of aryl methyl sites for hydroxylation is 1. The topological polar surface area (TPSA) is 78.5 Å². The van der Waals surface area contributed by atoms with Crippen molar-refractivity contribution in [3.8, 4) is 0 Å². The minimum absolute atomic E-state index is 0.113. The van der Waals surface area contributed by atoms with E-state index in [0.717, 1.165) is 19.3 Å². The van der Waals surface area contributed by atoms with Crippen LogP contribution < -0.4 is 10.5 Å². The zero-order valence-electron chi connectivity index (χ0n) is 14.3. The van der Waals surface area contributed by atoms with E-state index >= 15 is 0 Å². The lowest BCUT2D eigenvalue weighted by Gasteiger charge is -2.28. The lowest BCUT2D eigenvalue weighted by atomic mass is 10.0. The molecule has 1 aromatic heterocycles. The molecular formula is C17H23FN4O3. The number of aromatic nitrogens is 2. The smallest absolute Gasteiger partial charge is 0.288 e. The zero-order valence-corrected chi connectivity index (χ0v) is 14.3. The van der Waals surface area contributed by atoms with Crippen LogP contribution >= 0.6 is 0 Å². The third-order valence-electron chi connectivity index (χ3n) is 5.57. The van der Waals surface area contributed by atoms with E-state index in [-0.39, 0.29) is 17.7 Å². The van der Waals surface area contributed by atoms with Crippen molar-refractivity contribution in [1.29, 1.82) is 0 Å². The van der Waals surface area contributed by atoms with E-state index < -0.39 is 11.4 Å². The second kappa shape index (κ2) is 6.40. The average Bonchev–Trinajstić information content (AvgIpc) is 3.18. The van der Waals surface area contributed by atoms with Crippen molar-refractivity contribution in [2.24, 2.45) is 11.8 Å². The standard InChI is InChI=1S/C17H23FN4O3/c1-10-14(18)15(23)20-17(19-10)22-8-11-6-21(7-12(11)9-22)16(24)13-4-2-3-5-25-13/h11-13H,2-9H2,1H3,(H,19,20,23). The van der Waals surface area contributed by atoms with Gasteiger partial charge in [0.15, 0.2) is 0 Å². The van der Waals surface area contributed by atoms with Crippen LogP contribution in [0, 0.1) is 24.6 Å². The number of carbonyl (C=O) groups is 1. The highest BCUT2D eigenvalue weighted by molar-refractivity contribution is 5.81. The number of aromatic amines is 1. The van der Waals surface area contributed by atoms with Crippen molar-refractivity contribution < 1.29 is 13.9 Å². The highest BCUT2D eigenvalue weighted by Crippen LogP contribution is 2.33. The van der Waals surface area contributed by atoms with Gasteiger partial charge in [0.2, 0.25) is 11.8 Å². The maximum atomic E-state index is 13.5. The predicted molar refractivity (Wildman–Crippen MR) is 88.9 cm³/mol. The van der Waals surface area contributed by atoms with Gasteiger partial charge in [-0.2, -0.15) is 4.39 Å². The van der Waals surface area contributed by atoms with E-state index in [1.165, 1.54) is 6.92 Å². The molecule has 0 aliphatic carbocycles. The number of amides is 1. The summed E-state index contributed by atoms with van der Waals surface area (Å²) in [5, 5.41) is 0. The fourth-order valence-corrected chi connectivity index (χ4v) is 4.19. The van der Waals surface area contributed by atoms with Crippen molar-refractivity contribution in [3.05, 3.63) is 21.9 Å². The lowest BCUT2D eigenvalue weighted by Crippen LogP contribution is -2.42. The third kappa shape index (κ3) is 3.03. The molecule has 1 aromatic rings. The van der Waals surface area contributed by atoms with Crippen molar-refractivity contribution in [1.82, 2.24) is 14.9 Å². The van der Waals surface area contributed by atoms with Crippen LogP contribution in [0.4, 0.5) is 10.3 Å². The van der Waals surface area contributed by atoms with Gasteiger partial charge in [0.05, 0.1) is 5.69 Å². The molecule has 4 heterocycles. The molecule has 3 fully saturated rings. The summed E-state index contributed by atoms with van der Waals surface area (Å²) in [6.07, 6.45) is 2.62. The molecule has 8 heteroatoms. The molecule has 0 saturated carbocycles. The Balaban J connectivity index is 1.40. The van der Waals surface area contributed by atoms with Gasteiger partial charge in [-0.3, -0.25) is 14.6 Å². The van der Waals surface area contributed by atoms with E-state index in [4.69, 9.17) is 4.74 Å². The summed E-state index contributed by atoms with van der Waals surface area (Å²) >= 11 is 0. The van der Waals surface area contributed by atoms with Crippen LogP contribution in [-0.4, -0.2) is 59.7 Å². The molecule has 0 aromatic carbocycles. The molecule has 25 heavy (non-hydrogen) atoms. The quantitative estimate of drug-likeness (QED) is 0.849. The van der Waals surface area contributed by atoms with Crippen LogP contribution in [0.1, 0.15) is 25.0 Å². The highest BCUT2D eigenvalue weighted by atomic mass is 19.1. The Morgan fingerprint density at radius 1 is 1.24 bits per heavy atom. The van der Waals surface area contributed by atoms with E-state index in [9.17, 15) is 14.0 Å². The Morgan fingerprint density at radius 3 is 2.56 bits per heavy atom. The second-order valence-corrected chi connectivity index (χ2v) is 7.31. The normalized spacial score (nSPS) is 29.1. The monoisotopic (exact) mass is 350 g/mol. The highest BCUT2D eigenvalue weighted by Gasteiger charge is 2.43. The maximum absolute atomic E-state index is 13.5. The summed E-state index contributed by atoms with van der Waals surface area (Å²) < 4.78 is 19.1. The first-order valence-electron chi connectivity index (χ1n) is 8.94. The Morgan fingerprint density at radius 2 is 1.96 bits per heavy atom. The molecule has 7 nitrogen and oxygen atoms in total. The van der Waals surface area contributed by atoms with Crippen LogP contribution in [0.2, 0.25) is 0 Å². The summed E-state index contributed by atoms with van der Waals surface area (Å²) in [5.41, 5.74) is -0.618. The third-order valence-corrected chi connectivity index (χ3v) is 5.57. The van der Waals surface area contributed by atoms with Crippen LogP contribution in [0.5, 0.6) is 0 Å². The van der Waals surface area contributed by atoms with Crippen LogP contribution in [0.15, 0.2) is 4.79 Å². The molecule has 3 aliphatic heterocycles. The molecule has 136 valence electrons. The number of likely N-dealkylation sites (tertiary alicyclic amines) is 1. The molecule has 0 bridgehead atoms. The van der Waals surface area contributed by atoms with Gasteiger partial charge >= 0.3 is 0 Å². The number of hydrogen-bond acceptors (Lipinski definition) is 5. The predicted octanol–water partition coefficient (Wildman–Crippen LogP) is 0.681. The number of ether oxygens (including phenoxy) is 1. The summed E-state index contributed by atoms with van der Waals surface area (Å²) in [6.45, 7) is 5.03. The fraction of sp³-hybridized carbons (Fsp3) is 0.706. The van der Waals surface area contributed by atoms with Crippen molar-refractivity contribution >= 4 is 11.9 Å². The van der Waals surface area contributed by atoms with Gasteiger partial charge in [-0.25, -0.2) is 4.98 Å². The number of hydrogen-bond donors (Lipinski definition) is 1. The molecule has 3 atom stereocenters. The first kappa shape index (κ1) is 16.5. The van der Waals surface area contributed by atoms with E-state index in [2.05, 4.69) is 9.97 Å². The molecule has 3 aliphatic rings. The summed E-state index contributed by atoms with van der Waals surface area (Å²) in [7, 11) is 0.